The average Bonchev–Trinajstić information content (AvgIpc) is 2.95. The van der Waals surface area contributed by atoms with Crippen LogP contribution < -0.4 is 4.57 Å². The van der Waals surface area contributed by atoms with Crippen LogP contribution in [0.4, 0.5) is 0 Å². The standard InChI is InChI=1S/C20H16NO/c22-19(15-7-2-1-3-8-15)14-21-12-6-10-17-13-16-9-4-5-11-18(16)20(17)21/h1-12H,13-14H2/q+1. The Hall–Kier alpha value is -2.74. The van der Waals surface area contributed by atoms with Crippen molar-refractivity contribution < 1.29 is 9.36 Å². The third-order valence-electron chi connectivity index (χ3n) is 4.22. The first-order chi connectivity index (χ1) is 10.8. The predicted molar refractivity (Wildman–Crippen MR) is 85.7 cm³/mol. The molecule has 0 aliphatic heterocycles. The number of hydrogen-bond acceptors (Lipinski definition) is 1. The Morgan fingerprint density at radius 1 is 0.864 bits per heavy atom. The van der Waals surface area contributed by atoms with Gasteiger partial charge in [-0.05, 0) is 17.7 Å². The Balaban J connectivity index is 1.74. The molecule has 2 heteroatoms. The quantitative estimate of drug-likeness (QED) is 0.417. The molecule has 0 atom stereocenters. The molecule has 0 saturated carbocycles. The van der Waals surface area contributed by atoms with Gasteiger partial charge >= 0.3 is 0 Å². The van der Waals surface area contributed by atoms with Crippen LogP contribution in [0.5, 0.6) is 0 Å². The molecule has 3 aromatic rings. The zero-order valence-corrected chi connectivity index (χ0v) is 12.2. The fraction of sp³-hybridized carbons (Fsp3) is 0.100. The zero-order chi connectivity index (χ0) is 14.9. The molecule has 0 bridgehead atoms. The van der Waals surface area contributed by atoms with Crippen LogP contribution in [0.25, 0.3) is 11.3 Å². The Bertz CT molecular complexity index is 853. The van der Waals surface area contributed by atoms with E-state index in [-0.39, 0.29) is 5.78 Å². The highest BCUT2D eigenvalue weighted by Crippen LogP contribution is 2.33. The Kier molecular flexibility index (Phi) is 3.08. The number of Topliss-reactive ketones (excluding diaryl/α,β-unsaturated/α-hetero) is 1. The maximum absolute atomic E-state index is 12.5. The molecular weight excluding hydrogens is 270 g/mol. The molecule has 1 heterocycles. The van der Waals surface area contributed by atoms with Gasteiger partial charge in [-0.2, -0.15) is 4.57 Å². The molecule has 4 rings (SSSR count). The number of nitrogens with zero attached hydrogens (tertiary/aromatic N) is 1. The lowest BCUT2D eigenvalue weighted by Gasteiger charge is -2.03. The van der Waals surface area contributed by atoms with Crippen LogP contribution in [-0.2, 0) is 13.0 Å². The van der Waals surface area contributed by atoms with E-state index in [2.05, 4.69) is 34.9 Å². The summed E-state index contributed by atoms with van der Waals surface area (Å²) in [4.78, 5) is 12.5. The Morgan fingerprint density at radius 2 is 1.59 bits per heavy atom. The highest BCUT2D eigenvalue weighted by Gasteiger charge is 2.28. The van der Waals surface area contributed by atoms with Crippen molar-refractivity contribution in [2.75, 3.05) is 0 Å². The van der Waals surface area contributed by atoms with Gasteiger partial charge in [-0.15, -0.1) is 0 Å². The van der Waals surface area contributed by atoms with Gasteiger partial charge in [-0.3, -0.25) is 4.79 Å². The van der Waals surface area contributed by atoms with E-state index in [4.69, 9.17) is 0 Å². The lowest BCUT2D eigenvalue weighted by Crippen LogP contribution is -2.40. The molecule has 1 aliphatic carbocycles. The highest BCUT2D eigenvalue weighted by molar-refractivity contribution is 5.95. The highest BCUT2D eigenvalue weighted by atomic mass is 16.1. The third kappa shape index (κ3) is 2.13. The van der Waals surface area contributed by atoms with Crippen molar-refractivity contribution in [3.63, 3.8) is 0 Å². The van der Waals surface area contributed by atoms with Crippen LogP contribution in [0, 0.1) is 0 Å². The van der Waals surface area contributed by atoms with Crippen LogP contribution in [-0.4, -0.2) is 5.78 Å². The van der Waals surface area contributed by atoms with Crippen LogP contribution >= 0.6 is 0 Å². The van der Waals surface area contributed by atoms with Crippen LogP contribution in [0.1, 0.15) is 21.5 Å². The van der Waals surface area contributed by atoms with Crippen molar-refractivity contribution in [3.05, 3.63) is 89.6 Å². The van der Waals surface area contributed by atoms with Gasteiger partial charge in [0.05, 0.1) is 0 Å². The predicted octanol–water partition coefficient (Wildman–Crippen LogP) is 3.43. The second-order valence-corrected chi connectivity index (χ2v) is 5.63. The van der Waals surface area contributed by atoms with E-state index in [9.17, 15) is 4.79 Å². The number of carbonyl (C=O) groups is 1. The van der Waals surface area contributed by atoms with Crippen molar-refractivity contribution in [2.24, 2.45) is 0 Å². The molecule has 0 saturated heterocycles. The Labute approximate surface area is 129 Å². The Morgan fingerprint density at radius 3 is 2.45 bits per heavy atom. The number of carbonyl (C=O) groups excluding carboxylic acids is 1. The summed E-state index contributed by atoms with van der Waals surface area (Å²) >= 11 is 0. The second kappa shape index (κ2) is 5.23. The number of rotatable bonds is 3. The van der Waals surface area contributed by atoms with Crippen molar-refractivity contribution in [1.82, 2.24) is 0 Å². The summed E-state index contributed by atoms with van der Waals surface area (Å²) in [5, 5.41) is 0. The second-order valence-electron chi connectivity index (χ2n) is 5.63. The van der Waals surface area contributed by atoms with E-state index in [0.717, 1.165) is 12.0 Å². The molecule has 0 unspecified atom stereocenters. The summed E-state index contributed by atoms with van der Waals surface area (Å²) < 4.78 is 2.08. The fourth-order valence-electron chi connectivity index (χ4n) is 3.18. The number of ketones is 1. The van der Waals surface area contributed by atoms with Crippen molar-refractivity contribution in [1.29, 1.82) is 0 Å². The van der Waals surface area contributed by atoms with Crippen molar-refractivity contribution >= 4 is 5.78 Å². The van der Waals surface area contributed by atoms with E-state index in [1.807, 2.05) is 42.6 Å². The van der Waals surface area contributed by atoms with E-state index < -0.39 is 0 Å². The molecule has 22 heavy (non-hydrogen) atoms. The minimum absolute atomic E-state index is 0.142. The topological polar surface area (TPSA) is 20.9 Å². The zero-order valence-electron chi connectivity index (χ0n) is 12.2. The SMILES string of the molecule is O=C(C[n+]1cccc2c1-c1ccccc1C2)c1ccccc1. The van der Waals surface area contributed by atoms with Gasteiger partial charge in [-0.1, -0.05) is 48.5 Å². The van der Waals surface area contributed by atoms with Gasteiger partial charge in [0.25, 0.3) is 0 Å². The van der Waals surface area contributed by atoms with Gasteiger partial charge in [0.2, 0.25) is 18.0 Å². The van der Waals surface area contributed by atoms with Crippen molar-refractivity contribution in [2.45, 2.75) is 13.0 Å². The number of hydrogen-bond donors (Lipinski definition) is 0. The first kappa shape index (κ1) is 13.0. The summed E-state index contributed by atoms with van der Waals surface area (Å²) in [6.45, 7) is 0.377. The maximum atomic E-state index is 12.5. The number of fused-ring (bicyclic) bond motifs is 3. The fourth-order valence-corrected chi connectivity index (χ4v) is 3.18. The summed E-state index contributed by atoms with van der Waals surface area (Å²) in [6, 6.07) is 22.1. The summed E-state index contributed by atoms with van der Waals surface area (Å²) in [5.41, 5.74) is 5.83. The number of benzene rings is 2. The first-order valence-electron chi connectivity index (χ1n) is 7.51. The van der Waals surface area contributed by atoms with Crippen LogP contribution in [0.3, 0.4) is 0 Å². The molecule has 2 aromatic carbocycles. The molecule has 0 amide bonds. The van der Waals surface area contributed by atoms with E-state index >= 15 is 0 Å². The lowest BCUT2D eigenvalue weighted by molar-refractivity contribution is -0.672. The summed E-state index contributed by atoms with van der Waals surface area (Å²) in [7, 11) is 0. The largest absolute Gasteiger partial charge is 0.287 e. The molecule has 0 spiro atoms. The minimum Gasteiger partial charge on any atom is -0.287 e. The molecule has 0 radical (unpaired) electrons. The van der Waals surface area contributed by atoms with Gasteiger partial charge in [0.1, 0.15) is 0 Å². The normalized spacial score (nSPS) is 11.8. The monoisotopic (exact) mass is 286 g/mol. The van der Waals surface area contributed by atoms with Gasteiger partial charge in [0.15, 0.2) is 6.20 Å². The molecule has 1 aliphatic rings. The van der Waals surface area contributed by atoms with Gasteiger partial charge in [-0.25, -0.2) is 0 Å². The molecule has 1 aromatic heterocycles. The van der Waals surface area contributed by atoms with E-state index in [1.165, 1.54) is 22.4 Å². The van der Waals surface area contributed by atoms with Crippen molar-refractivity contribution in [3.8, 4) is 11.3 Å². The summed E-state index contributed by atoms with van der Waals surface area (Å²) in [6.07, 6.45) is 2.95. The molecule has 0 N–H and O–H groups in total. The molecule has 106 valence electrons. The molecule has 2 nitrogen and oxygen atoms in total. The summed E-state index contributed by atoms with van der Waals surface area (Å²) in [5.74, 6) is 0.142. The first-order valence-corrected chi connectivity index (χ1v) is 7.51. The molecule has 0 fully saturated rings. The van der Waals surface area contributed by atoms with Gasteiger partial charge in [0, 0.05) is 29.2 Å². The van der Waals surface area contributed by atoms with Gasteiger partial charge < -0.3 is 0 Å². The maximum Gasteiger partial charge on any atom is 0.227 e. The average molecular weight is 286 g/mol. The minimum atomic E-state index is 0.142. The lowest BCUT2D eigenvalue weighted by atomic mass is 10.1. The van der Waals surface area contributed by atoms with Crippen LogP contribution in [0.15, 0.2) is 72.9 Å². The third-order valence-corrected chi connectivity index (χ3v) is 4.22. The van der Waals surface area contributed by atoms with E-state index in [1.54, 1.807) is 0 Å². The number of pyridine rings is 1. The smallest absolute Gasteiger partial charge is 0.227 e. The van der Waals surface area contributed by atoms with Crippen LogP contribution in [0.2, 0.25) is 0 Å². The number of aromatic nitrogens is 1. The van der Waals surface area contributed by atoms with E-state index in [0.29, 0.717) is 6.54 Å². The molecular formula is C20H16NO+.